The highest BCUT2D eigenvalue weighted by Gasteiger charge is 2.62. The number of hydrogen-bond acceptors (Lipinski definition) is 6. The lowest BCUT2D eigenvalue weighted by Crippen LogP contribution is -2.35. The summed E-state index contributed by atoms with van der Waals surface area (Å²) in [6.45, 7) is 0. The summed E-state index contributed by atoms with van der Waals surface area (Å²) in [5.41, 5.74) is -2.12. The van der Waals surface area contributed by atoms with Gasteiger partial charge in [-0.15, -0.1) is 0 Å². The van der Waals surface area contributed by atoms with Crippen molar-refractivity contribution < 1.29 is 31.5 Å². The normalized spacial score (nSPS) is 15.2. The lowest BCUT2D eigenvalue weighted by molar-refractivity contribution is -0.291. The van der Waals surface area contributed by atoms with E-state index in [9.17, 15) is 32.0 Å². The summed E-state index contributed by atoms with van der Waals surface area (Å²) in [6.07, 6.45) is -2.88. The molecule has 8 nitrogen and oxygen atoms in total. The Kier molecular flexibility index (Phi) is 6.81. The van der Waals surface area contributed by atoms with Crippen LogP contribution in [0, 0.1) is 16.7 Å². The minimum Gasteiger partial charge on any atom is -0.491 e. The Balaban J connectivity index is 1.94. The molecule has 1 fully saturated rings. The molecule has 1 amide bonds. The van der Waals surface area contributed by atoms with E-state index in [0.717, 1.165) is 31.3 Å². The van der Waals surface area contributed by atoms with E-state index in [-0.39, 0.29) is 22.0 Å². The Hall–Kier alpha value is -3.66. The molecular weight excluding hydrogens is 499 g/mol. The second kappa shape index (κ2) is 9.18. The fraction of sp³-hybridized carbons (Fsp3) is 0.333. The predicted octanol–water partition coefficient (Wildman–Crippen LogP) is 4.62. The van der Waals surface area contributed by atoms with Crippen LogP contribution in [0.1, 0.15) is 34.5 Å². The van der Waals surface area contributed by atoms with Gasteiger partial charge in [-0.3, -0.25) is 4.79 Å². The minimum atomic E-state index is -5.90. The molecule has 1 saturated carbocycles. The number of nitrogens with zero attached hydrogens (tertiary/aromatic N) is 3. The average molecular weight is 517 g/mol. The van der Waals surface area contributed by atoms with E-state index in [4.69, 9.17) is 21.7 Å². The van der Waals surface area contributed by atoms with E-state index in [1.165, 1.54) is 18.2 Å². The van der Waals surface area contributed by atoms with Gasteiger partial charge in [-0.05, 0) is 30.5 Å². The Bertz CT molecular complexity index is 1240. The molecule has 1 aliphatic rings. The monoisotopic (exact) mass is 516 g/mol. The van der Waals surface area contributed by atoms with Gasteiger partial charge in [0.2, 0.25) is 0 Å². The summed E-state index contributed by atoms with van der Waals surface area (Å²) < 4.78 is 71.9. The number of anilines is 1. The van der Waals surface area contributed by atoms with Gasteiger partial charge >= 0.3 is 12.1 Å². The van der Waals surface area contributed by atoms with Crippen LogP contribution < -0.4 is 15.4 Å². The second-order valence-corrected chi connectivity index (χ2v) is 8.06. The van der Waals surface area contributed by atoms with E-state index in [2.05, 4.69) is 15.7 Å². The standard InChI is InChI=1S/C21H18ClF5N6O2/c1-33-17(15(35-2)16(32-33)20(23,24)21(25,26)27)30-9-12(8-28)11-3-4-14(22)13(7-11)18(34)31-19(10-29)5-6-19/h3-4,7-9,28,30H,5-6H2,1-2H3,(H,31,34)/b12-9+,28-8?. The number of nitrogens with one attached hydrogen (secondary N) is 3. The van der Waals surface area contributed by atoms with Crippen molar-refractivity contribution in [2.24, 2.45) is 7.05 Å². The highest BCUT2D eigenvalue weighted by Crippen LogP contribution is 2.48. The Labute approximate surface area is 200 Å². The van der Waals surface area contributed by atoms with E-state index in [1.807, 2.05) is 6.07 Å². The molecule has 3 N–H and O–H groups in total. The number of carbonyl (C=O) groups is 1. The van der Waals surface area contributed by atoms with Crippen LogP contribution in [-0.2, 0) is 13.0 Å². The highest BCUT2D eigenvalue weighted by molar-refractivity contribution is 6.34. The molecule has 0 saturated heterocycles. The van der Waals surface area contributed by atoms with Gasteiger partial charge in [0.1, 0.15) is 5.54 Å². The molecule has 2 aromatic rings. The maximum atomic E-state index is 13.9. The third kappa shape index (κ3) is 4.93. The number of nitriles is 1. The molecule has 186 valence electrons. The molecule has 0 atom stereocenters. The molecule has 3 rings (SSSR count). The molecule has 14 heteroatoms. The maximum Gasteiger partial charge on any atom is 0.459 e. The van der Waals surface area contributed by atoms with Crippen LogP contribution in [0.3, 0.4) is 0 Å². The van der Waals surface area contributed by atoms with Crippen molar-refractivity contribution in [3.63, 3.8) is 0 Å². The first-order valence-corrected chi connectivity index (χ1v) is 10.2. The fourth-order valence-electron chi connectivity index (χ4n) is 3.10. The van der Waals surface area contributed by atoms with Crippen LogP contribution in [0.25, 0.3) is 5.57 Å². The minimum absolute atomic E-state index is 0.0312. The average Bonchev–Trinajstić information content (AvgIpc) is 3.49. The summed E-state index contributed by atoms with van der Waals surface area (Å²) in [6, 6.07) is 6.24. The number of aryl methyl sites for hydroxylation is 1. The van der Waals surface area contributed by atoms with E-state index in [0.29, 0.717) is 18.4 Å². The molecule has 0 unspecified atom stereocenters. The van der Waals surface area contributed by atoms with Crippen molar-refractivity contribution in [3.8, 4) is 11.8 Å². The zero-order valence-corrected chi connectivity index (χ0v) is 19.0. The van der Waals surface area contributed by atoms with Crippen LogP contribution >= 0.6 is 11.6 Å². The van der Waals surface area contributed by atoms with Gasteiger partial charge < -0.3 is 20.8 Å². The van der Waals surface area contributed by atoms with Crippen LogP contribution in [0.2, 0.25) is 5.02 Å². The summed E-state index contributed by atoms with van der Waals surface area (Å²) in [5.74, 6) is -7.04. The zero-order chi connectivity index (χ0) is 26.2. The van der Waals surface area contributed by atoms with Gasteiger partial charge in [0, 0.05) is 25.0 Å². The molecule has 1 aromatic heterocycles. The number of ether oxygens (including phenoxy) is 1. The van der Waals surface area contributed by atoms with E-state index < -0.39 is 35.0 Å². The molecular formula is C21H18ClF5N6O2. The number of hydrogen-bond donors (Lipinski definition) is 3. The predicted molar refractivity (Wildman–Crippen MR) is 117 cm³/mol. The molecule has 1 aromatic carbocycles. The zero-order valence-electron chi connectivity index (χ0n) is 18.2. The molecule has 0 spiro atoms. The number of halogens is 6. The molecule has 1 heterocycles. The smallest absolute Gasteiger partial charge is 0.459 e. The lowest BCUT2D eigenvalue weighted by Gasteiger charge is -2.18. The summed E-state index contributed by atoms with van der Waals surface area (Å²) >= 11 is 6.12. The molecule has 0 radical (unpaired) electrons. The van der Waals surface area contributed by atoms with Crippen LogP contribution in [-0.4, -0.2) is 40.7 Å². The van der Waals surface area contributed by atoms with Crippen LogP contribution in [0.15, 0.2) is 24.4 Å². The highest BCUT2D eigenvalue weighted by atomic mass is 35.5. The van der Waals surface area contributed by atoms with Crippen molar-refractivity contribution >= 4 is 35.1 Å². The van der Waals surface area contributed by atoms with Crippen molar-refractivity contribution in [1.29, 1.82) is 10.7 Å². The van der Waals surface area contributed by atoms with Crippen molar-refractivity contribution in [1.82, 2.24) is 15.1 Å². The van der Waals surface area contributed by atoms with E-state index in [1.54, 1.807) is 0 Å². The topological polar surface area (TPSA) is 116 Å². The largest absolute Gasteiger partial charge is 0.491 e. The third-order valence-electron chi connectivity index (χ3n) is 5.24. The molecule has 1 aliphatic carbocycles. The summed E-state index contributed by atoms with van der Waals surface area (Å²) in [5, 5.41) is 25.3. The van der Waals surface area contributed by atoms with E-state index >= 15 is 0 Å². The Morgan fingerprint density at radius 3 is 2.51 bits per heavy atom. The number of amides is 1. The van der Waals surface area contributed by atoms with Gasteiger partial charge in [0.05, 0.1) is 23.8 Å². The number of carbonyl (C=O) groups excluding carboxylic acids is 1. The van der Waals surface area contributed by atoms with Gasteiger partial charge in [-0.1, -0.05) is 17.7 Å². The van der Waals surface area contributed by atoms with Gasteiger partial charge in [0.15, 0.2) is 17.3 Å². The van der Waals surface area contributed by atoms with Crippen LogP contribution in [0.4, 0.5) is 27.8 Å². The van der Waals surface area contributed by atoms with Crippen molar-refractivity contribution in [2.75, 3.05) is 12.4 Å². The SMILES string of the molecule is COc1c(C(F)(F)C(F)(F)F)nn(C)c1N/C=C(\C=N)c1ccc(Cl)c(C(=O)NC2(C#N)CC2)c1. The first-order chi connectivity index (χ1) is 16.3. The molecule has 0 aliphatic heterocycles. The fourth-order valence-corrected chi connectivity index (χ4v) is 3.31. The number of rotatable bonds is 8. The van der Waals surface area contributed by atoms with Gasteiger partial charge in [-0.2, -0.15) is 32.3 Å². The summed E-state index contributed by atoms with van der Waals surface area (Å²) in [7, 11) is 2.05. The molecule has 0 bridgehead atoms. The van der Waals surface area contributed by atoms with Crippen molar-refractivity contribution in [3.05, 3.63) is 46.2 Å². The lowest BCUT2D eigenvalue weighted by atomic mass is 10.0. The number of benzene rings is 1. The van der Waals surface area contributed by atoms with Gasteiger partial charge in [-0.25, -0.2) is 4.68 Å². The van der Waals surface area contributed by atoms with Gasteiger partial charge in [0.25, 0.3) is 5.91 Å². The maximum absolute atomic E-state index is 13.9. The number of methoxy groups -OCH3 is 1. The number of alkyl halides is 5. The molecule has 35 heavy (non-hydrogen) atoms. The Morgan fingerprint density at radius 1 is 1.34 bits per heavy atom. The first-order valence-electron chi connectivity index (χ1n) is 9.87. The first kappa shape index (κ1) is 26.0. The Morgan fingerprint density at radius 2 is 2.00 bits per heavy atom. The quantitative estimate of drug-likeness (QED) is 0.349. The third-order valence-corrected chi connectivity index (χ3v) is 5.57. The number of allylic oxidation sites excluding steroid dienone is 1. The van der Waals surface area contributed by atoms with Crippen molar-refractivity contribution in [2.45, 2.75) is 30.5 Å². The van der Waals surface area contributed by atoms with Crippen LogP contribution in [0.5, 0.6) is 5.75 Å². The second-order valence-electron chi connectivity index (χ2n) is 7.66. The summed E-state index contributed by atoms with van der Waals surface area (Å²) in [4.78, 5) is 12.6. The number of aromatic nitrogens is 2.